The van der Waals surface area contributed by atoms with E-state index in [2.05, 4.69) is 9.97 Å². The molecule has 6 heteroatoms. The van der Waals surface area contributed by atoms with Crippen LogP contribution in [0.5, 0.6) is 0 Å². The molecule has 1 heterocycles. The topological polar surface area (TPSA) is 71.8 Å². The van der Waals surface area contributed by atoms with Gasteiger partial charge in [0.2, 0.25) is 0 Å². The SMILES string of the molecule is CCSc1nc2c([N+](=O)[O-])cccc2[nH]1. The second-order valence-electron chi connectivity index (χ2n) is 2.91. The van der Waals surface area contributed by atoms with E-state index in [9.17, 15) is 10.1 Å². The van der Waals surface area contributed by atoms with Crippen LogP contribution >= 0.6 is 11.8 Å². The summed E-state index contributed by atoms with van der Waals surface area (Å²) in [6.07, 6.45) is 0. The minimum absolute atomic E-state index is 0.0479. The number of benzene rings is 1. The molecule has 1 aromatic carbocycles. The van der Waals surface area contributed by atoms with Gasteiger partial charge in [-0.15, -0.1) is 0 Å². The molecule has 2 aromatic rings. The number of fused-ring (bicyclic) bond motifs is 1. The van der Waals surface area contributed by atoms with Crippen LogP contribution < -0.4 is 0 Å². The second-order valence-corrected chi connectivity index (χ2v) is 4.16. The first-order chi connectivity index (χ1) is 7.22. The largest absolute Gasteiger partial charge is 0.333 e. The van der Waals surface area contributed by atoms with Crippen LogP contribution in [0.25, 0.3) is 11.0 Å². The van der Waals surface area contributed by atoms with E-state index < -0.39 is 4.92 Å². The number of hydrogen-bond acceptors (Lipinski definition) is 4. The summed E-state index contributed by atoms with van der Waals surface area (Å²) in [6, 6.07) is 4.90. The van der Waals surface area contributed by atoms with Crippen molar-refractivity contribution in [2.24, 2.45) is 0 Å². The van der Waals surface area contributed by atoms with Crippen molar-refractivity contribution in [3.63, 3.8) is 0 Å². The van der Waals surface area contributed by atoms with Crippen molar-refractivity contribution in [3.05, 3.63) is 28.3 Å². The van der Waals surface area contributed by atoms with Crippen LogP contribution in [0.1, 0.15) is 6.92 Å². The Morgan fingerprint density at radius 3 is 3.07 bits per heavy atom. The number of nitrogens with zero attached hydrogens (tertiary/aromatic N) is 2. The lowest BCUT2D eigenvalue weighted by atomic mass is 10.3. The molecule has 5 nitrogen and oxygen atoms in total. The molecule has 2 rings (SSSR count). The maximum atomic E-state index is 10.7. The highest BCUT2D eigenvalue weighted by molar-refractivity contribution is 7.99. The van der Waals surface area contributed by atoms with Crippen LogP contribution in [0.15, 0.2) is 23.4 Å². The number of nitrogens with one attached hydrogen (secondary N) is 1. The van der Waals surface area contributed by atoms with Gasteiger partial charge < -0.3 is 4.98 Å². The summed E-state index contributed by atoms with van der Waals surface area (Å²) >= 11 is 1.53. The summed E-state index contributed by atoms with van der Waals surface area (Å²) in [5, 5.41) is 11.5. The van der Waals surface area contributed by atoms with Crippen LogP contribution in [-0.4, -0.2) is 20.6 Å². The smallest absolute Gasteiger partial charge is 0.297 e. The Bertz CT molecular complexity index is 509. The third-order valence-corrected chi connectivity index (χ3v) is 2.70. The van der Waals surface area contributed by atoms with E-state index in [-0.39, 0.29) is 5.69 Å². The third-order valence-electron chi connectivity index (χ3n) is 1.95. The molecule has 0 saturated carbocycles. The number of non-ortho nitro benzene ring substituents is 1. The molecule has 0 fully saturated rings. The van der Waals surface area contributed by atoms with E-state index in [1.54, 1.807) is 12.1 Å². The van der Waals surface area contributed by atoms with Gasteiger partial charge in [-0.3, -0.25) is 10.1 Å². The molecule has 0 aliphatic carbocycles. The molecular weight excluding hydrogens is 214 g/mol. The number of nitro groups is 1. The van der Waals surface area contributed by atoms with Gasteiger partial charge in [-0.2, -0.15) is 0 Å². The van der Waals surface area contributed by atoms with Crippen LogP contribution in [-0.2, 0) is 0 Å². The van der Waals surface area contributed by atoms with Gasteiger partial charge in [0.15, 0.2) is 10.7 Å². The molecule has 1 aromatic heterocycles. The molecule has 78 valence electrons. The number of thioether (sulfide) groups is 1. The number of aromatic amines is 1. The van der Waals surface area contributed by atoms with Gasteiger partial charge in [0.05, 0.1) is 10.4 Å². The van der Waals surface area contributed by atoms with E-state index >= 15 is 0 Å². The first-order valence-electron chi connectivity index (χ1n) is 4.48. The summed E-state index contributed by atoms with van der Waals surface area (Å²) in [7, 11) is 0. The number of aromatic nitrogens is 2. The lowest BCUT2D eigenvalue weighted by Gasteiger charge is -1.90. The van der Waals surface area contributed by atoms with E-state index in [0.29, 0.717) is 11.0 Å². The van der Waals surface area contributed by atoms with Crippen molar-refractivity contribution in [2.45, 2.75) is 12.1 Å². The maximum Gasteiger partial charge on any atom is 0.297 e. The van der Waals surface area contributed by atoms with Crippen LogP contribution in [0.2, 0.25) is 0 Å². The molecule has 0 spiro atoms. The molecule has 0 saturated heterocycles. The Balaban J connectivity index is 2.59. The average molecular weight is 223 g/mol. The first-order valence-corrected chi connectivity index (χ1v) is 5.47. The number of nitro benzene ring substituents is 1. The Hall–Kier alpha value is -1.56. The molecule has 0 atom stereocenters. The zero-order valence-corrected chi connectivity index (χ0v) is 8.87. The quantitative estimate of drug-likeness (QED) is 0.493. The van der Waals surface area contributed by atoms with Gasteiger partial charge in [-0.05, 0) is 11.8 Å². The number of hydrogen-bond donors (Lipinski definition) is 1. The molecule has 0 radical (unpaired) electrons. The van der Waals surface area contributed by atoms with E-state index in [1.165, 1.54) is 17.8 Å². The van der Waals surface area contributed by atoms with Gasteiger partial charge in [-0.25, -0.2) is 4.98 Å². The van der Waals surface area contributed by atoms with Gasteiger partial charge in [0, 0.05) is 6.07 Å². The minimum atomic E-state index is -0.413. The summed E-state index contributed by atoms with van der Waals surface area (Å²) in [5.41, 5.74) is 1.19. The molecule has 0 unspecified atom stereocenters. The number of imidazole rings is 1. The molecule has 1 N–H and O–H groups in total. The standard InChI is InChI=1S/C9H9N3O2S/c1-2-15-9-10-6-4-3-5-7(12(13)14)8(6)11-9/h3-5H,2H2,1H3,(H,10,11). The van der Waals surface area contributed by atoms with E-state index in [0.717, 1.165) is 10.9 Å². The zero-order chi connectivity index (χ0) is 10.8. The zero-order valence-electron chi connectivity index (χ0n) is 8.06. The van der Waals surface area contributed by atoms with Crippen LogP contribution in [0.4, 0.5) is 5.69 Å². The molecule has 0 aliphatic rings. The normalized spacial score (nSPS) is 10.7. The van der Waals surface area contributed by atoms with Gasteiger partial charge in [-0.1, -0.05) is 24.8 Å². The Morgan fingerprint density at radius 1 is 1.60 bits per heavy atom. The Kier molecular flexibility index (Phi) is 2.59. The molecule has 0 aliphatic heterocycles. The fourth-order valence-corrected chi connectivity index (χ4v) is 1.96. The van der Waals surface area contributed by atoms with Crippen LogP contribution in [0.3, 0.4) is 0 Å². The van der Waals surface area contributed by atoms with Crippen molar-refractivity contribution in [1.29, 1.82) is 0 Å². The van der Waals surface area contributed by atoms with Gasteiger partial charge in [0.1, 0.15) is 0 Å². The maximum absolute atomic E-state index is 10.7. The highest BCUT2D eigenvalue weighted by Gasteiger charge is 2.14. The second kappa shape index (κ2) is 3.90. The van der Waals surface area contributed by atoms with E-state index in [1.807, 2.05) is 6.92 Å². The predicted molar refractivity (Wildman–Crippen MR) is 59.1 cm³/mol. The first kappa shape index (κ1) is 9.97. The lowest BCUT2D eigenvalue weighted by molar-refractivity contribution is -0.383. The Labute approximate surface area is 90.0 Å². The van der Waals surface area contributed by atoms with E-state index in [4.69, 9.17) is 0 Å². The molecule has 0 bridgehead atoms. The van der Waals surface area contributed by atoms with Crippen LogP contribution in [0, 0.1) is 10.1 Å². The summed E-state index contributed by atoms with van der Waals surface area (Å²) in [6.45, 7) is 2.01. The van der Waals surface area contributed by atoms with Crippen molar-refractivity contribution >= 4 is 28.5 Å². The third kappa shape index (κ3) is 1.80. The average Bonchev–Trinajstić information content (AvgIpc) is 2.59. The summed E-state index contributed by atoms with van der Waals surface area (Å²) in [4.78, 5) is 17.5. The fourth-order valence-electron chi connectivity index (χ4n) is 1.35. The lowest BCUT2D eigenvalue weighted by Crippen LogP contribution is -1.88. The highest BCUT2D eigenvalue weighted by atomic mass is 32.2. The number of para-hydroxylation sites is 1. The fraction of sp³-hybridized carbons (Fsp3) is 0.222. The van der Waals surface area contributed by atoms with Crippen molar-refractivity contribution in [3.8, 4) is 0 Å². The van der Waals surface area contributed by atoms with Crippen molar-refractivity contribution < 1.29 is 4.92 Å². The summed E-state index contributed by atoms with van der Waals surface area (Å²) < 4.78 is 0. The van der Waals surface area contributed by atoms with Gasteiger partial charge >= 0.3 is 0 Å². The highest BCUT2D eigenvalue weighted by Crippen LogP contribution is 2.26. The molecule has 0 amide bonds. The van der Waals surface area contributed by atoms with Crippen molar-refractivity contribution in [2.75, 3.05) is 5.75 Å². The predicted octanol–water partition coefficient (Wildman–Crippen LogP) is 2.58. The summed E-state index contributed by atoms with van der Waals surface area (Å²) in [5.74, 6) is 0.883. The Morgan fingerprint density at radius 2 is 2.40 bits per heavy atom. The molecular formula is C9H9N3O2S. The van der Waals surface area contributed by atoms with Crippen molar-refractivity contribution in [1.82, 2.24) is 9.97 Å². The van der Waals surface area contributed by atoms with Gasteiger partial charge in [0.25, 0.3) is 5.69 Å². The number of rotatable bonds is 3. The molecule has 15 heavy (non-hydrogen) atoms. The monoisotopic (exact) mass is 223 g/mol. The minimum Gasteiger partial charge on any atom is -0.333 e. The number of H-pyrrole nitrogens is 1.